The van der Waals surface area contributed by atoms with E-state index in [-0.39, 0.29) is 18.0 Å². The number of nitrogens with zero attached hydrogens (tertiary/aromatic N) is 1. The van der Waals surface area contributed by atoms with Crippen molar-refractivity contribution in [2.75, 3.05) is 0 Å². The average molecular weight is 263 g/mol. The van der Waals surface area contributed by atoms with Crippen LogP contribution in [-0.2, 0) is 11.2 Å². The number of carbonyl (C=O) groups is 1. The number of amides is 1. The predicted octanol–water partition coefficient (Wildman–Crippen LogP) is 4.21. The number of rotatable bonds is 4. The Kier molecular flexibility index (Phi) is 8.13. The Morgan fingerprint density at radius 2 is 1.53 bits per heavy atom. The van der Waals surface area contributed by atoms with Crippen LogP contribution in [0.3, 0.4) is 0 Å². The van der Waals surface area contributed by atoms with Crippen molar-refractivity contribution in [3.05, 3.63) is 35.4 Å². The molecule has 19 heavy (non-hydrogen) atoms. The highest BCUT2D eigenvalue weighted by atomic mass is 16.2. The molecule has 2 heteroatoms. The van der Waals surface area contributed by atoms with Crippen LogP contribution < -0.4 is 0 Å². The zero-order valence-corrected chi connectivity index (χ0v) is 13.5. The maximum atomic E-state index is 12.3. The van der Waals surface area contributed by atoms with Crippen LogP contribution in [0.2, 0.25) is 0 Å². The average Bonchev–Trinajstić information content (AvgIpc) is 2.33. The van der Waals surface area contributed by atoms with Gasteiger partial charge in [0.25, 0.3) is 0 Å². The van der Waals surface area contributed by atoms with E-state index in [1.807, 2.05) is 36.9 Å². The quantitative estimate of drug-likeness (QED) is 0.797. The maximum absolute atomic E-state index is 12.3. The number of aryl methyl sites for hydroxylation is 1. The van der Waals surface area contributed by atoms with Crippen molar-refractivity contribution in [3.63, 3.8) is 0 Å². The molecule has 1 aromatic rings. The smallest absolute Gasteiger partial charge is 0.227 e. The van der Waals surface area contributed by atoms with Gasteiger partial charge in [-0.1, -0.05) is 38.1 Å². The first-order valence-electron chi connectivity index (χ1n) is 7.29. The van der Waals surface area contributed by atoms with Gasteiger partial charge in [0, 0.05) is 12.1 Å². The van der Waals surface area contributed by atoms with Gasteiger partial charge in [0.05, 0.1) is 6.42 Å². The van der Waals surface area contributed by atoms with Gasteiger partial charge in [-0.25, -0.2) is 0 Å². The molecule has 0 aliphatic rings. The van der Waals surface area contributed by atoms with Gasteiger partial charge in [-0.2, -0.15) is 0 Å². The van der Waals surface area contributed by atoms with Crippen molar-refractivity contribution in [2.45, 2.75) is 67.0 Å². The first kappa shape index (κ1) is 17.7. The highest BCUT2D eigenvalue weighted by Crippen LogP contribution is 2.12. The lowest BCUT2D eigenvalue weighted by atomic mass is 10.0. The molecule has 0 radical (unpaired) electrons. The molecule has 0 fully saturated rings. The van der Waals surface area contributed by atoms with Crippen molar-refractivity contribution in [1.82, 2.24) is 4.90 Å². The minimum Gasteiger partial charge on any atom is -0.338 e. The summed E-state index contributed by atoms with van der Waals surface area (Å²) < 4.78 is 0. The van der Waals surface area contributed by atoms with Crippen LogP contribution in [0.4, 0.5) is 0 Å². The molecule has 108 valence electrons. The standard InChI is InChI=1S/C15H23NO.C2H6/c1-11(2)16(12(3)4)15(17)10-14-9-7-6-8-13(14)5;1-2/h6-9,11-12H,10H2,1-5H3;1-2H3. The second-order valence-electron chi connectivity index (χ2n) is 5.09. The maximum Gasteiger partial charge on any atom is 0.227 e. The van der Waals surface area contributed by atoms with Crippen molar-refractivity contribution in [1.29, 1.82) is 0 Å². The molecule has 0 bridgehead atoms. The van der Waals surface area contributed by atoms with Gasteiger partial charge in [0.2, 0.25) is 5.91 Å². The topological polar surface area (TPSA) is 20.3 Å². The third-order valence-corrected chi connectivity index (χ3v) is 3.00. The third-order valence-electron chi connectivity index (χ3n) is 3.00. The molecule has 2 nitrogen and oxygen atoms in total. The molecule has 0 unspecified atom stereocenters. The Bertz CT molecular complexity index is 375. The van der Waals surface area contributed by atoms with Crippen LogP contribution in [0, 0.1) is 6.92 Å². The Morgan fingerprint density at radius 3 is 1.95 bits per heavy atom. The van der Waals surface area contributed by atoms with Gasteiger partial charge in [-0.05, 0) is 45.7 Å². The minimum absolute atomic E-state index is 0.212. The van der Waals surface area contributed by atoms with E-state index in [4.69, 9.17) is 0 Å². The Morgan fingerprint density at radius 1 is 1.05 bits per heavy atom. The predicted molar refractivity (Wildman–Crippen MR) is 83.3 cm³/mol. The van der Waals surface area contributed by atoms with E-state index >= 15 is 0 Å². The van der Waals surface area contributed by atoms with Crippen molar-refractivity contribution in [3.8, 4) is 0 Å². The summed E-state index contributed by atoms with van der Waals surface area (Å²) in [6.07, 6.45) is 0.503. The summed E-state index contributed by atoms with van der Waals surface area (Å²) in [7, 11) is 0. The molecule has 0 spiro atoms. The van der Waals surface area contributed by atoms with E-state index < -0.39 is 0 Å². The van der Waals surface area contributed by atoms with Gasteiger partial charge in [-0.3, -0.25) is 4.79 Å². The van der Waals surface area contributed by atoms with E-state index in [9.17, 15) is 4.79 Å². The first-order valence-corrected chi connectivity index (χ1v) is 7.29. The summed E-state index contributed by atoms with van der Waals surface area (Å²) in [6.45, 7) is 14.3. The number of hydrogen-bond donors (Lipinski definition) is 0. The molecule has 0 aliphatic heterocycles. The van der Waals surface area contributed by atoms with Gasteiger partial charge >= 0.3 is 0 Å². The van der Waals surface area contributed by atoms with Crippen molar-refractivity contribution < 1.29 is 4.79 Å². The minimum atomic E-state index is 0.212. The lowest BCUT2D eigenvalue weighted by molar-refractivity contribution is -0.134. The highest BCUT2D eigenvalue weighted by Gasteiger charge is 2.20. The van der Waals surface area contributed by atoms with Gasteiger partial charge in [-0.15, -0.1) is 0 Å². The number of carbonyl (C=O) groups excluding carboxylic acids is 1. The number of hydrogen-bond acceptors (Lipinski definition) is 1. The summed E-state index contributed by atoms with van der Waals surface area (Å²) in [5.41, 5.74) is 2.32. The molecule has 0 aromatic heterocycles. The van der Waals surface area contributed by atoms with Gasteiger partial charge in [0.15, 0.2) is 0 Å². The lowest BCUT2D eigenvalue weighted by Crippen LogP contribution is -2.42. The molecule has 0 N–H and O–H groups in total. The molecular formula is C17H29NO. The normalized spacial score (nSPS) is 10.2. The molecule has 1 rings (SSSR count). The van der Waals surface area contributed by atoms with Crippen LogP contribution in [0.15, 0.2) is 24.3 Å². The lowest BCUT2D eigenvalue weighted by Gasteiger charge is -2.31. The van der Waals surface area contributed by atoms with Crippen LogP contribution >= 0.6 is 0 Å². The van der Waals surface area contributed by atoms with E-state index in [1.54, 1.807) is 0 Å². The van der Waals surface area contributed by atoms with Crippen LogP contribution in [0.25, 0.3) is 0 Å². The van der Waals surface area contributed by atoms with Gasteiger partial charge < -0.3 is 4.90 Å². The molecule has 1 amide bonds. The van der Waals surface area contributed by atoms with Crippen LogP contribution in [0.1, 0.15) is 52.7 Å². The SMILES string of the molecule is CC.Cc1ccccc1CC(=O)N(C(C)C)C(C)C. The van der Waals surface area contributed by atoms with Crippen molar-refractivity contribution in [2.24, 2.45) is 0 Å². The summed E-state index contributed by atoms with van der Waals surface area (Å²) in [6, 6.07) is 8.60. The first-order chi connectivity index (χ1) is 8.93. The molecule has 0 heterocycles. The Balaban J connectivity index is 0.00000154. The second kappa shape index (κ2) is 8.73. The molecule has 0 aliphatic carbocycles. The Hall–Kier alpha value is -1.31. The van der Waals surface area contributed by atoms with Crippen LogP contribution in [0.5, 0.6) is 0 Å². The molecule has 1 aromatic carbocycles. The van der Waals surface area contributed by atoms with Crippen LogP contribution in [-0.4, -0.2) is 22.9 Å². The molecular weight excluding hydrogens is 234 g/mol. The number of benzene rings is 1. The summed E-state index contributed by atoms with van der Waals surface area (Å²) in [5.74, 6) is 0.212. The summed E-state index contributed by atoms with van der Waals surface area (Å²) in [5, 5.41) is 0. The zero-order valence-electron chi connectivity index (χ0n) is 13.5. The zero-order chi connectivity index (χ0) is 15.0. The van der Waals surface area contributed by atoms with E-state index in [0.29, 0.717) is 6.42 Å². The highest BCUT2D eigenvalue weighted by molar-refractivity contribution is 5.79. The van der Waals surface area contributed by atoms with Gasteiger partial charge in [0.1, 0.15) is 0 Å². The Labute approximate surface area is 118 Å². The fourth-order valence-electron chi connectivity index (χ4n) is 2.23. The molecule has 0 atom stereocenters. The molecule has 0 saturated carbocycles. The van der Waals surface area contributed by atoms with E-state index in [2.05, 4.69) is 40.7 Å². The monoisotopic (exact) mass is 263 g/mol. The van der Waals surface area contributed by atoms with E-state index in [1.165, 1.54) is 5.56 Å². The fraction of sp³-hybridized carbons (Fsp3) is 0.588. The third kappa shape index (κ3) is 5.46. The largest absolute Gasteiger partial charge is 0.338 e. The fourth-order valence-corrected chi connectivity index (χ4v) is 2.23. The second-order valence-corrected chi connectivity index (χ2v) is 5.09. The summed E-state index contributed by atoms with van der Waals surface area (Å²) >= 11 is 0. The summed E-state index contributed by atoms with van der Waals surface area (Å²) in [4.78, 5) is 14.2. The van der Waals surface area contributed by atoms with E-state index in [0.717, 1.165) is 5.56 Å². The molecule has 0 saturated heterocycles. The van der Waals surface area contributed by atoms with Crippen molar-refractivity contribution >= 4 is 5.91 Å².